The van der Waals surface area contributed by atoms with Gasteiger partial charge in [0.2, 0.25) is 0 Å². The zero-order valence-corrected chi connectivity index (χ0v) is 46.0. The maximum atomic E-state index is 12.9. The molecule has 0 aromatic carbocycles. The van der Waals surface area contributed by atoms with Crippen LogP contribution in [0.1, 0.15) is 136 Å². The fourth-order valence-corrected chi connectivity index (χ4v) is 8.89. The number of nitrogens with two attached hydrogens (primary N) is 1. The van der Waals surface area contributed by atoms with Gasteiger partial charge in [0.05, 0.1) is 13.2 Å². The Morgan fingerprint density at radius 2 is 1.09 bits per heavy atom. The van der Waals surface area contributed by atoms with Crippen molar-refractivity contribution in [1.82, 2.24) is 9.55 Å². The van der Waals surface area contributed by atoms with Gasteiger partial charge in [-0.1, -0.05) is 154 Å². The van der Waals surface area contributed by atoms with Crippen molar-refractivity contribution >= 4 is 33.4 Å². The van der Waals surface area contributed by atoms with Crippen LogP contribution in [0.25, 0.3) is 0 Å². The Morgan fingerprint density at radius 3 is 1.58 bits per heavy atom. The molecule has 1 saturated heterocycles. The van der Waals surface area contributed by atoms with Crippen LogP contribution in [0.2, 0.25) is 0 Å². The molecule has 0 bridgehead atoms. The van der Waals surface area contributed by atoms with Gasteiger partial charge in [0.15, 0.2) is 12.3 Å². The van der Waals surface area contributed by atoms with Gasteiger partial charge in [0, 0.05) is 19.0 Å². The molecule has 1 fully saturated rings. The highest BCUT2D eigenvalue weighted by atomic mass is 31.3. The van der Waals surface area contributed by atoms with Gasteiger partial charge in [-0.05, 0) is 102 Å². The number of anilines is 1. The van der Waals surface area contributed by atoms with E-state index in [0.29, 0.717) is 25.7 Å². The number of nitrogen functional groups attached to an aromatic ring is 1. The van der Waals surface area contributed by atoms with Crippen molar-refractivity contribution < 1.29 is 66.3 Å². The Bertz CT molecular complexity index is 2300. The summed E-state index contributed by atoms with van der Waals surface area (Å²) in [6.45, 7) is 1.81. The Hall–Kier alpha value is -5.10. The van der Waals surface area contributed by atoms with Crippen LogP contribution in [-0.2, 0) is 46.3 Å². The van der Waals surface area contributed by atoms with Crippen molar-refractivity contribution in [3.8, 4) is 0 Å². The third kappa shape index (κ3) is 33.8. The minimum Gasteiger partial charge on any atom is -0.462 e. The average Bonchev–Trinajstić information content (AvgIpc) is 3.66. The number of hydrogen-bond donors (Lipinski definition) is 5. The van der Waals surface area contributed by atoms with E-state index in [0.717, 1.165) is 87.8 Å². The standard InChI is InChI=1S/C56H83N3O15P2/c1-3-5-7-9-11-13-15-17-19-21-23-25-27-29-31-33-35-37-39-41-51(60)69-45-48(72-52(61)42-40-38-36-34-32-30-28-26-24-22-20-18-16-14-12-10-8-6-4-2)46-70-75(65,66)74-76(67,68)71-47-49-53(62)54(63)55(73-49)59-44-43-50(57)58-56(59)64/h5-8,11-14,17-20,23-26,29-32,35,37,43-44,48-49,53-55,62-63H,3-4,9-10,15-16,21-22,27-28,33-34,36,38-42,45-47H2,1-2H3,(H,65,66)(H,67,68)(H2,57,58,64)/b7-5-,8-6-,13-11-,14-12-,19-17-,20-18-,25-23-,26-24-,31-29-,32-30-,37-35-/t48-,49-,53+,54?,55-/m1/s1. The first kappa shape index (κ1) is 67.0. The molecule has 6 N–H and O–H groups in total. The summed E-state index contributed by atoms with van der Waals surface area (Å²) in [7, 11) is -10.9. The van der Waals surface area contributed by atoms with Crippen LogP contribution in [0, 0.1) is 0 Å². The van der Waals surface area contributed by atoms with Gasteiger partial charge in [-0.15, -0.1) is 0 Å². The van der Waals surface area contributed by atoms with Gasteiger partial charge < -0.3 is 39.9 Å². The third-order valence-corrected chi connectivity index (χ3v) is 13.3. The minimum atomic E-state index is -5.46. The SMILES string of the molecule is CC/C=C\C/C=C\C/C=C\C/C=C\C/C=C\C/C=C\CCC(=O)OC[C@H](COP(=O)(O)OP(=O)(O)OC[C@H]1O[C@@H](n2ccc(N)nc2=O)C(O)[C@H]1O)OC(=O)CCCCC/C=C\C/C=C\C/C=C\C/C=C\C/C=C\CC. The van der Waals surface area contributed by atoms with Crippen LogP contribution in [0.15, 0.2) is 151 Å². The zero-order valence-electron chi connectivity index (χ0n) is 44.2. The Morgan fingerprint density at radius 1 is 0.632 bits per heavy atom. The predicted octanol–water partition coefficient (Wildman–Crippen LogP) is 11.3. The number of carbonyl (C=O) groups is 2. The molecule has 1 aromatic rings. The van der Waals surface area contributed by atoms with Gasteiger partial charge in [-0.3, -0.25) is 23.2 Å². The second-order valence-corrected chi connectivity index (χ2v) is 20.3. The Labute approximate surface area is 449 Å². The molecular weight excluding hydrogens is 1020 g/mol. The number of phosphoric ester groups is 2. The van der Waals surface area contributed by atoms with E-state index >= 15 is 0 Å². The first-order chi connectivity index (χ1) is 36.7. The van der Waals surface area contributed by atoms with Crippen molar-refractivity contribution in [3.05, 3.63) is 156 Å². The lowest BCUT2D eigenvalue weighted by atomic mass is 10.1. The summed E-state index contributed by atoms with van der Waals surface area (Å²) in [5.41, 5.74) is 4.58. The van der Waals surface area contributed by atoms with Crippen LogP contribution in [-0.4, -0.2) is 85.7 Å². The van der Waals surface area contributed by atoms with E-state index in [4.69, 9.17) is 29.0 Å². The number of unbranched alkanes of at least 4 members (excludes halogenated alkanes) is 3. The Balaban J connectivity index is 1.85. The maximum absolute atomic E-state index is 12.9. The Kier molecular flexibility index (Phi) is 37.0. The number of carbonyl (C=O) groups excluding carboxylic acids is 2. The molecule has 1 aliphatic rings. The molecule has 76 heavy (non-hydrogen) atoms. The molecule has 2 rings (SSSR count). The number of hydrogen-bond acceptors (Lipinski definition) is 15. The monoisotopic (exact) mass is 1100 g/mol. The fraction of sp³-hybridized carbons (Fsp3) is 0.500. The van der Waals surface area contributed by atoms with E-state index in [9.17, 15) is 43.5 Å². The van der Waals surface area contributed by atoms with E-state index in [2.05, 4.69) is 139 Å². The number of allylic oxidation sites excluding steroid dienone is 22. The van der Waals surface area contributed by atoms with Crippen LogP contribution >= 0.6 is 15.6 Å². The molecule has 2 heterocycles. The van der Waals surface area contributed by atoms with Crippen LogP contribution < -0.4 is 11.4 Å². The van der Waals surface area contributed by atoms with E-state index in [1.54, 1.807) is 0 Å². The molecule has 422 valence electrons. The summed E-state index contributed by atoms with van der Waals surface area (Å²) in [5.74, 6) is -1.45. The summed E-state index contributed by atoms with van der Waals surface area (Å²) >= 11 is 0. The largest absolute Gasteiger partial charge is 0.481 e. The van der Waals surface area contributed by atoms with Crippen LogP contribution in [0.4, 0.5) is 5.82 Å². The first-order valence-corrected chi connectivity index (χ1v) is 29.2. The summed E-state index contributed by atoms with van der Waals surface area (Å²) in [4.78, 5) is 62.0. The number of rotatable bonds is 41. The van der Waals surface area contributed by atoms with Crippen molar-refractivity contribution in [2.24, 2.45) is 0 Å². The highest BCUT2D eigenvalue weighted by Crippen LogP contribution is 2.60. The van der Waals surface area contributed by atoms with Crippen LogP contribution in [0.3, 0.4) is 0 Å². The minimum absolute atomic E-state index is 0.0140. The van der Waals surface area contributed by atoms with Gasteiger partial charge in [0.1, 0.15) is 30.7 Å². The molecule has 20 heteroatoms. The number of aliphatic hydroxyl groups is 2. The van der Waals surface area contributed by atoms with Gasteiger partial charge in [0.25, 0.3) is 0 Å². The zero-order chi connectivity index (χ0) is 55.5. The lowest BCUT2D eigenvalue weighted by Crippen LogP contribution is -2.36. The van der Waals surface area contributed by atoms with E-state index in [1.807, 2.05) is 18.2 Å². The molecule has 1 aliphatic heterocycles. The molecule has 1 aromatic heterocycles. The third-order valence-electron chi connectivity index (χ3n) is 10.7. The summed E-state index contributed by atoms with van der Waals surface area (Å²) < 4.78 is 56.7. The van der Waals surface area contributed by atoms with Gasteiger partial charge >= 0.3 is 33.3 Å². The number of ether oxygens (including phenoxy) is 3. The molecular formula is C56H83N3O15P2. The molecule has 18 nitrogen and oxygen atoms in total. The number of aromatic nitrogens is 2. The highest BCUT2D eigenvalue weighted by molar-refractivity contribution is 7.61. The quantitative estimate of drug-likeness (QED) is 0.0177. The second-order valence-electron chi connectivity index (χ2n) is 17.3. The number of esters is 2. The summed E-state index contributed by atoms with van der Waals surface area (Å²) in [5, 5.41) is 20.9. The van der Waals surface area contributed by atoms with Crippen molar-refractivity contribution in [2.75, 3.05) is 25.6 Å². The fourth-order valence-electron chi connectivity index (χ4n) is 6.78. The van der Waals surface area contributed by atoms with Crippen molar-refractivity contribution in [1.29, 1.82) is 0 Å². The first-order valence-electron chi connectivity index (χ1n) is 26.2. The molecule has 0 spiro atoms. The number of phosphoric acid groups is 2. The normalized spacial score (nSPS) is 19.8. The lowest BCUT2D eigenvalue weighted by Gasteiger charge is -2.21. The molecule has 0 aliphatic carbocycles. The molecule has 3 unspecified atom stereocenters. The topological polar surface area (TPSA) is 265 Å². The maximum Gasteiger partial charge on any atom is 0.481 e. The lowest BCUT2D eigenvalue weighted by molar-refractivity contribution is -0.161. The average molecular weight is 1100 g/mol. The van der Waals surface area contributed by atoms with Crippen LogP contribution in [0.5, 0.6) is 0 Å². The molecule has 0 radical (unpaired) electrons. The summed E-state index contributed by atoms with van der Waals surface area (Å²) in [6, 6.07) is 1.24. The van der Waals surface area contributed by atoms with E-state index < -0.39 is 83.7 Å². The van der Waals surface area contributed by atoms with Gasteiger partial charge in [-0.25, -0.2) is 13.9 Å². The highest BCUT2D eigenvalue weighted by Gasteiger charge is 2.46. The smallest absolute Gasteiger partial charge is 0.462 e. The van der Waals surface area contributed by atoms with E-state index in [-0.39, 0.29) is 18.7 Å². The molecule has 7 atom stereocenters. The number of aliphatic hydroxyl groups excluding tert-OH is 2. The summed E-state index contributed by atoms with van der Waals surface area (Å²) in [6.07, 6.45) is 52.6. The predicted molar refractivity (Wildman–Crippen MR) is 297 cm³/mol. The van der Waals surface area contributed by atoms with Crippen molar-refractivity contribution in [2.45, 2.75) is 160 Å². The van der Waals surface area contributed by atoms with Crippen molar-refractivity contribution in [3.63, 3.8) is 0 Å². The second kappa shape index (κ2) is 42.0. The van der Waals surface area contributed by atoms with E-state index in [1.165, 1.54) is 6.07 Å². The number of nitrogens with zero attached hydrogens (tertiary/aromatic N) is 2. The molecule has 0 amide bonds. The van der Waals surface area contributed by atoms with Gasteiger partial charge in [-0.2, -0.15) is 9.29 Å². The molecule has 0 saturated carbocycles.